The molecule has 0 aliphatic heterocycles. The molecule has 6 heteroatoms. The van der Waals surface area contributed by atoms with Gasteiger partial charge in [0.1, 0.15) is 5.75 Å². The zero-order valence-corrected chi connectivity index (χ0v) is 11.2. The molecular formula is C14H18N4O2. The number of nitrogens with two attached hydrogens (primary N) is 2. The average Bonchev–Trinajstić information content (AvgIpc) is 2.93. The fourth-order valence-electron chi connectivity index (χ4n) is 1.75. The van der Waals surface area contributed by atoms with Gasteiger partial charge in [0.25, 0.3) is 5.91 Å². The lowest BCUT2D eigenvalue weighted by Gasteiger charge is -2.06. The highest BCUT2D eigenvalue weighted by molar-refractivity contribution is 5.92. The predicted molar refractivity (Wildman–Crippen MR) is 75.2 cm³/mol. The molecule has 0 aliphatic rings. The second-order valence-electron chi connectivity index (χ2n) is 4.41. The summed E-state index contributed by atoms with van der Waals surface area (Å²) in [6, 6.07) is 7.70. The molecule has 0 unspecified atom stereocenters. The van der Waals surface area contributed by atoms with Gasteiger partial charge in [0.2, 0.25) is 0 Å². The van der Waals surface area contributed by atoms with E-state index in [4.69, 9.17) is 16.2 Å². The number of amides is 1. The molecule has 0 radical (unpaired) electrons. The molecule has 20 heavy (non-hydrogen) atoms. The van der Waals surface area contributed by atoms with E-state index in [1.165, 1.54) is 6.20 Å². The van der Waals surface area contributed by atoms with Gasteiger partial charge in [0, 0.05) is 25.7 Å². The van der Waals surface area contributed by atoms with Gasteiger partial charge >= 0.3 is 0 Å². The molecule has 0 bridgehead atoms. The van der Waals surface area contributed by atoms with Crippen molar-refractivity contribution in [3.05, 3.63) is 47.8 Å². The molecule has 1 heterocycles. The van der Waals surface area contributed by atoms with E-state index < -0.39 is 5.91 Å². The highest BCUT2D eigenvalue weighted by atomic mass is 16.5. The summed E-state index contributed by atoms with van der Waals surface area (Å²) in [7, 11) is 0. The van der Waals surface area contributed by atoms with Gasteiger partial charge in [-0.3, -0.25) is 9.48 Å². The quantitative estimate of drug-likeness (QED) is 0.733. The smallest absolute Gasteiger partial charge is 0.251 e. The second kappa shape index (κ2) is 6.72. The highest BCUT2D eigenvalue weighted by Gasteiger charge is 2.03. The van der Waals surface area contributed by atoms with Crippen LogP contribution in [0.25, 0.3) is 0 Å². The van der Waals surface area contributed by atoms with Crippen molar-refractivity contribution in [1.29, 1.82) is 0 Å². The molecule has 2 rings (SSSR count). The molecule has 1 aromatic heterocycles. The normalized spacial score (nSPS) is 10.4. The first-order valence-electron chi connectivity index (χ1n) is 6.43. The molecule has 0 saturated carbocycles. The standard InChI is InChI=1S/C14H18N4O2/c15-8-11-2-4-13(5-3-11)20-7-1-6-18-10-12(9-17-18)14(16)19/h2-5,9-10H,1,6-8,15H2,(H2,16,19). The number of benzene rings is 1. The Kier molecular flexibility index (Phi) is 4.73. The van der Waals surface area contributed by atoms with E-state index in [0.717, 1.165) is 17.7 Å². The summed E-state index contributed by atoms with van der Waals surface area (Å²) >= 11 is 0. The maximum absolute atomic E-state index is 10.9. The number of rotatable bonds is 7. The van der Waals surface area contributed by atoms with Crippen molar-refractivity contribution in [2.75, 3.05) is 6.61 Å². The molecule has 0 spiro atoms. The number of carbonyl (C=O) groups is 1. The number of hydrogen-bond donors (Lipinski definition) is 2. The number of aromatic nitrogens is 2. The van der Waals surface area contributed by atoms with Gasteiger partial charge in [0.15, 0.2) is 0 Å². The van der Waals surface area contributed by atoms with Crippen LogP contribution in [0, 0.1) is 0 Å². The third kappa shape index (κ3) is 3.83. The molecule has 0 aliphatic carbocycles. The van der Waals surface area contributed by atoms with Crippen molar-refractivity contribution in [3.8, 4) is 5.75 Å². The largest absolute Gasteiger partial charge is 0.494 e. The summed E-state index contributed by atoms with van der Waals surface area (Å²) < 4.78 is 7.29. The van der Waals surface area contributed by atoms with Crippen LogP contribution >= 0.6 is 0 Å². The average molecular weight is 274 g/mol. The summed E-state index contributed by atoms with van der Waals surface area (Å²) in [6.07, 6.45) is 3.89. The molecule has 1 aromatic carbocycles. The minimum absolute atomic E-state index is 0.420. The van der Waals surface area contributed by atoms with Gasteiger partial charge in [-0.25, -0.2) is 0 Å². The Balaban J connectivity index is 1.73. The number of ether oxygens (including phenoxy) is 1. The Bertz CT molecular complexity index is 563. The second-order valence-corrected chi connectivity index (χ2v) is 4.41. The number of aryl methyl sites for hydroxylation is 1. The number of carbonyl (C=O) groups excluding carboxylic acids is 1. The zero-order valence-electron chi connectivity index (χ0n) is 11.2. The molecule has 6 nitrogen and oxygen atoms in total. The molecule has 2 aromatic rings. The molecule has 0 atom stereocenters. The fraction of sp³-hybridized carbons (Fsp3) is 0.286. The van der Waals surface area contributed by atoms with Gasteiger partial charge in [-0.2, -0.15) is 5.10 Å². The summed E-state index contributed by atoms with van der Waals surface area (Å²) in [4.78, 5) is 10.9. The first kappa shape index (κ1) is 14.1. The lowest BCUT2D eigenvalue weighted by molar-refractivity contribution is 0.1000. The van der Waals surface area contributed by atoms with E-state index in [2.05, 4.69) is 5.10 Å². The SMILES string of the molecule is NCc1ccc(OCCCn2cc(C(N)=O)cn2)cc1. The van der Waals surface area contributed by atoms with Crippen LogP contribution < -0.4 is 16.2 Å². The molecule has 1 amide bonds. The van der Waals surface area contributed by atoms with Crippen molar-refractivity contribution in [1.82, 2.24) is 9.78 Å². The van der Waals surface area contributed by atoms with E-state index in [0.29, 0.717) is 25.3 Å². The van der Waals surface area contributed by atoms with Gasteiger partial charge < -0.3 is 16.2 Å². The Labute approximate surface area is 117 Å². The lowest BCUT2D eigenvalue weighted by atomic mass is 10.2. The van der Waals surface area contributed by atoms with Crippen molar-refractivity contribution < 1.29 is 9.53 Å². The van der Waals surface area contributed by atoms with Crippen LogP contribution in [0.5, 0.6) is 5.75 Å². The van der Waals surface area contributed by atoms with Crippen LogP contribution in [-0.4, -0.2) is 22.3 Å². The van der Waals surface area contributed by atoms with Crippen LogP contribution in [0.15, 0.2) is 36.7 Å². The van der Waals surface area contributed by atoms with E-state index in [9.17, 15) is 4.79 Å². The molecule has 0 fully saturated rings. The maximum atomic E-state index is 10.9. The number of primary amides is 1. The third-order valence-electron chi connectivity index (χ3n) is 2.88. The van der Waals surface area contributed by atoms with Gasteiger partial charge in [-0.1, -0.05) is 12.1 Å². The fourth-order valence-corrected chi connectivity index (χ4v) is 1.75. The molecular weight excluding hydrogens is 256 g/mol. The highest BCUT2D eigenvalue weighted by Crippen LogP contribution is 2.12. The summed E-state index contributed by atoms with van der Waals surface area (Å²) in [5, 5.41) is 4.05. The number of hydrogen-bond acceptors (Lipinski definition) is 4. The van der Waals surface area contributed by atoms with Crippen LogP contribution in [-0.2, 0) is 13.1 Å². The van der Waals surface area contributed by atoms with E-state index in [-0.39, 0.29) is 0 Å². The molecule has 0 saturated heterocycles. The summed E-state index contributed by atoms with van der Waals surface area (Å²) in [6.45, 7) is 1.78. The third-order valence-corrected chi connectivity index (χ3v) is 2.88. The van der Waals surface area contributed by atoms with Crippen molar-refractivity contribution in [2.24, 2.45) is 11.5 Å². The Hall–Kier alpha value is -2.34. The minimum Gasteiger partial charge on any atom is -0.494 e. The Morgan fingerprint density at radius 3 is 2.65 bits per heavy atom. The first-order chi connectivity index (χ1) is 9.69. The Morgan fingerprint density at radius 1 is 1.30 bits per heavy atom. The molecule has 106 valence electrons. The zero-order chi connectivity index (χ0) is 14.4. The molecule has 4 N–H and O–H groups in total. The summed E-state index contributed by atoms with van der Waals surface area (Å²) in [5.74, 6) is 0.355. The Morgan fingerprint density at radius 2 is 2.05 bits per heavy atom. The predicted octanol–water partition coefficient (Wildman–Crippen LogP) is 0.910. The van der Waals surface area contributed by atoms with Crippen LogP contribution in [0.4, 0.5) is 0 Å². The first-order valence-corrected chi connectivity index (χ1v) is 6.43. The maximum Gasteiger partial charge on any atom is 0.251 e. The monoisotopic (exact) mass is 274 g/mol. The van der Waals surface area contributed by atoms with Crippen molar-refractivity contribution >= 4 is 5.91 Å². The lowest BCUT2D eigenvalue weighted by Crippen LogP contribution is -2.10. The van der Waals surface area contributed by atoms with Crippen molar-refractivity contribution in [2.45, 2.75) is 19.5 Å². The van der Waals surface area contributed by atoms with E-state index in [1.54, 1.807) is 10.9 Å². The van der Waals surface area contributed by atoms with Gasteiger partial charge in [-0.05, 0) is 17.7 Å². The van der Waals surface area contributed by atoms with E-state index >= 15 is 0 Å². The van der Waals surface area contributed by atoms with Crippen LogP contribution in [0.2, 0.25) is 0 Å². The number of nitrogens with zero attached hydrogens (tertiary/aromatic N) is 2. The van der Waals surface area contributed by atoms with Crippen molar-refractivity contribution in [3.63, 3.8) is 0 Å². The van der Waals surface area contributed by atoms with Crippen LogP contribution in [0.1, 0.15) is 22.3 Å². The van der Waals surface area contributed by atoms with Crippen LogP contribution in [0.3, 0.4) is 0 Å². The van der Waals surface area contributed by atoms with E-state index in [1.807, 2.05) is 24.3 Å². The summed E-state index contributed by atoms with van der Waals surface area (Å²) in [5.41, 5.74) is 12.2. The topological polar surface area (TPSA) is 96.2 Å². The minimum atomic E-state index is -0.465. The van der Waals surface area contributed by atoms with Gasteiger partial charge in [0.05, 0.1) is 18.4 Å². The van der Waals surface area contributed by atoms with Gasteiger partial charge in [-0.15, -0.1) is 0 Å².